The first kappa shape index (κ1) is 17.3. The summed E-state index contributed by atoms with van der Waals surface area (Å²) in [6.45, 7) is 17.3. The van der Waals surface area contributed by atoms with E-state index in [9.17, 15) is 0 Å². The molecule has 0 aromatic carbocycles. The molecule has 0 saturated heterocycles. The Morgan fingerprint density at radius 1 is 1.00 bits per heavy atom. The minimum Gasteiger partial charge on any atom is -0.106 e. The number of hydrogen-bond acceptors (Lipinski definition) is 0. The zero-order valence-corrected chi connectivity index (χ0v) is 8.81. The first-order chi connectivity index (χ1) is 5.83. The molecular formula is C12H24. The predicted molar refractivity (Wildman–Crippen MR) is 61.5 cm³/mol. The van der Waals surface area contributed by atoms with Gasteiger partial charge >= 0.3 is 0 Å². The van der Waals surface area contributed by atoms with Crippen LogP contribution in [0.1, 0.15) is 39.5 Å². The van der Waals surface area contributed by atoms with Gasteiger partial charge in [0.05, 0.1) is 0 Å². The molecule has 0 aliphatic carbocycles. The summed E-state index contributed by atoms with van der Waals surface area (Å²) in [6.07, 6.45) is 8.68. The van der Waals surface area contributed by atoms with E-state index in [1.165, 1.54) is 19.3 Å². The molecule has 0 aromatic rings. The monoisotopic (exact) mass is 168 g/mol. The third-order valence-electron chi connectivity index (χ3n) is 1.05. The molecule has 0 fully saturated rings. The molecule has 0 bridgehead atoms. The van der Waals surface area contributed by atoms with Crippen molar-refractivity contribution in [3.63, 3.8) is 0 Å². The van der Waals surface area contributed by atoms with E-state index in [-0.39, 0.29) is 0 Å². The Bertz CT molecular complexity index is 72.1. The van der Waals surface area contributed by atoms with Gasteiger partial charge in [-0.25, -0.2) is 0 Å². The van der Waals surface area contributed by atoms with Crippen LogP contribution in [0.2, 0.25) is 0 Å². The minimum absolute atomic E-state index is 1.08. The number of unbranched alkanes of at least 4 members (excludes halogenated alkanes) is 2. The molecule has 0 saturated carbocycles. The molecule has 0 spiro atoms. The lowest BCUT2D eigenvalue weighted by atomic mass is 10.3. The molecule has 0 atom stereocenters. The molecule has 0 aliphatic heterocycles. The lowest BCUT2D eigenvalue weighted by Gasteiger charge is -1.81. The van der Waals surface area contributed by atoms with Gasteiger partial charge in [-0.3, -0.25) is 0 Å². The van der Waals surface area contributed by atoms with Crippen molar-refractivity contribution >= 4 is 0 Å². The molecule has 0 aliphatic rings. The van der Waals surface area contributed by atoms with Crippen molar-refractivity contribution in [3.05, 3.63) is 38.5 Å². The van der Waals surface area contributed by atoms with Crippen molar-refractivity contribution in [2.24, 2.45) is 0 Å². The third-order valence-corrected chi connectivity index (χ3v) is 1.05. The van der Waals surface area contributed by atoms with Gasteiger partial charge in [0.15, 0.2) is 0 Å². The Balaban J connectivity index is -0.000000118. The molecule has 0 radical (unpaired) electrons. The van der Waals surface area contributed by atoms with Gasteiger partial charge in [0.25, 0.3) is 0 Å². The summed E-state index contributed by atoms with van der Waals surface area (Å²) < 4.78 is 0. The van der Waals surface area contributed by atoms with Crippen LogP contribution in [0.15, 0.2) is 38.5 Å². The topological polar surface area (TPSA) is 0 Å². The van der Waals surface area contributed by atoms with Crippen LogP contribution in [-0.2, 0) is 0 Å². The highest BCUT2D eigenvalue weighted by Crippen LogP contribution is 1.91. The molecule has 0 aromatic heterocycles. The highest BCUT2D eigenvalue weighted by Gasteiger charge is 1.71. The molecule has 0 unspecified atom stereocenters. The average molecular weight is 168 g/mol. The SMILES string of the molecule is C=C.C=CCC.C=CCCCC. The van der Waals surface area contributed by atoms with Gasteiger partial charge < -0.3 is 0 Å². The van der Waals surface area contributed by atoms with E-state index in [0.717, 1.165) is 6.42 Å². The van der Waals surface area contributed by atoms with E-state index in [4.69, 9.17) is 0 Å². The number of rotatable bonds is 4. The predicted octanol–water partition coefficient (Wildman–Crippen LogP) is 4.75. The normalized spacial score (nSPS) is 6.50. The van der Waals surface area contributed by atoms with Crippen LogP contribution in [0.5, 0.6) is 0 Å². The molecule has 0 nitrogen and oxygen atoms in total. The van der Waals surface area contributed by atoms with E-state index in [1.807, 2.05) is 12.2 Å². The van der Waals surface area contributed by atoms with Crippen LogP contribution < -0.4 is 0 Å². The van der Waals surface area contributed by atoms with Crippen molar-refractivity contribution in [2.75, 3.05) is 0 Å². The molecule has 0 amide bonds. The average Bonchev–Trinajstić information content (AvgIpc) is 2.18. The summed E-state index contributed by atoms with van der Waals surface area (Å²) in [5, 5.41) is 0. The molecular weight excluding hydrogens is 144 g/mol. The van der Waals surface area contributed by atoms with E-state index < -0.39 is 0 Å². The Morgan fingerprint density at radius 3 is 1.50 bits per heavy atom. The van der Waals surface area contributed by atoms with Crippen LogP contribution in [0.25, 0.3) is 0 Å². The summed E-state index contributed by atoms with van der Waals surface area (Å²) >= 11 is 0. The van der Waals surface area contributed by atoms with E-state index >= 15 is 0 Å². The Labute approximate surface area is 78.7 Å². The van der Waals surface area contributed by atoms with Crippen molar-refractivity contribution in [1.82, 2.24) is 0 Å². The fraction of sp³-hybridized carbons (Fsp3) is 0.500. The van der Waals surface area contributed by atoms with Gasteiger partial charge in [-0.15, -0.1) is 26.3 Å². The maximum Gasteiger partial charge on any atom is -0.0354 e. The lowest BCUT2D eigenvalue weighted by molar-refractivity contribution is 0.816. The first-order valence-corrected chi connectivity index (χ1v) is 4.55. The maximum atomic E-state index is 3.60. The van der Waals surface area contributed by atoms with Gasteiger partial charge in [-0.2, -0.15) is 0 Å². The molecule has 0 rings (SSSR count). The van der Waals surface area contributed by atoms with Crippen molar-refractivity contribution < 1.29 is 0 Å². The van der Waals surface area contributed by atoms with Gasteiger partial charge in [0, 0.05) is 0 Å². The van der Waals surface area contributed by atoms with E-state index in [1.54, 1.807) is 0 Å². The van der Waals surface area contributed by atoms with Crippen LogP contribution in [0, 0.1) is 0 Å². The minimum atomic E-state index is 1.08. The lowest BCUT2D eigenvalue weighted by Crippen LogP contribution is -1.61. The van der Waals surface area contributed by atoms with Crippen molar-refractivity contribution in [1.29, 1.82) is 0 Å². The highest BCUT2D eigenvalue weighted by molar-refractivity contribution is 4.64. The zero-order valence-electron chi connectivity index (χ0n) is 8.81. The summed E-state index contributed by atoms with van der Waals surface area (Å²) in [6, 6.07) is 0. The van der Waals surface area contributed by atoms with Crippen LogP contribution in [0.4, 0.5) is 0 Å². The molecule has 72 valence electrons. The van der Waals surface area contributed by atoms with Gasteiger partial charge in [0.2, 0.25) is 0 Å². The van der Waals surface area contributed by atoms with Crippen LogP contribution in [0.3, 0.4) is 0 Å². The quantitative estimate of drug-likeness (QED) is 0.420. The second kappa shape index (κ2) is 31.9. The Kier molecular flexibility index (Phi) is 46.1. The smallest absolute Gasteiger partial charge is 0.0354 e. The van der Waals surface area contributed by atoms with E-state index in [0.29, 0.717) is 0 Å². The standard InChI is InChI=1S/C6H12.C4H8.C2H4/c1-3-5-6-4-2;1-3-4-2;1-2/h3H,1,4-6H2,2H3;3H,1,4H2,2H3;1-2H2. The Morgan fingerprint density at radius 2 is 1.42 bits per heavy atom. The zero-order chi connectivity index (χ0) is 10.2. The number of allylic oxidation sites excluding steroid dienone is 2. The molecule has 0 N–H and O–H groups in total. The maximum absolute atomic E-state index is 3.60. The highest BCUT2D eigenvalue weighted by atomic mass is 13.8. The molecule has 0 heteroatoms. The molecule has 12 heavy (non-hydrogen) atoms. The second-order valence-electron chi connectivity index (χ2n) is 2.13. The summed E-state index contributed by atoms with van der Waals surface area (Å²) in [4.78, 5) is 0. The van der Waals surface area contributed by atoms with Crippen LogP contribution in [-0.4, -0.2) is 0 Å². The second-order valence-corrected chi connectivity index (χ2v) is 2.13. The van der Waals surface area contributed by atoms with Gasteiger partial charge in [-0.1, -0.05) is 38.8 Å². The van der Waals surface area contributed by atoms with Crippen molar-refractivity contribution in [2.45, 2.75) is 39.5 Å². The summed E-state index contributed by atoms with van der Waals surface area (Å²) in [5.74, 6) is 0. The Hall–Kier alpha value is -0.780. The summed E-state index contributed by atoms with van der Waals surface area (Å²) in [7, 11) is 0. The van der Waals surface area contributed by atoms with Gasteiger partial charge in [0.1, 0.15) is 0 Å². The summed E-state index contributed by atoms with van der Waals surface area (Å²) in [5.41, 5.74) is 0. The largest absolute Gasteiger partial charge is 0.106 e. The fourth-order valence-corrected chi connectivity index (χ4v) is 0.348. The number of hydrogen-bond donors (Lipinski definition) is 0. The van der Waals surface area contributed by atoms with Gasteiger partial charge in [-0.05, 0) is 12.8 Å². The molecule has 0 heterocycles. The first-order valence-electron chi connectivity index (χ1n) is 4.55. The fourth-order valence-electron chi connectivity index (χ4n) is 0.348. The van der Waals surface area contributed by atoms with Crippen LogP contribution >= 0.6 is 0 Å². The van der Waals surface area contributed by atoms with E-state index in [2.05, 4.69) is 40.2 Å². The van der Waals surface area contributed by atoms with Crippen molar-refractivity contribution in [3.8, 4) is 0 Å². The third kappa shape index (κ3) is 60.1.